The predicted octanol–water partition coefficient (Wildman–Crippen LogP) is 1.86. The Morgan fingerprint density at radius 1 is 1.47 bits per heavy atom. The van der Waals surface area contributed by atoms with Gasteiger partial charge in [-0.25, -0.2) is 0 Å². The van der Waals surface area contributed by atoms with Crippen molar-refractivity contribution in [2.24, 2.45) is 5.73 Å². The summed E-state index contributed by atoms with van der Waals surface area (Å²) < 4.78 is 5.36. The van der Waals surface area contributed by atoms with Gasteiger partial charge in [0, 0.05) is 5.54 Å². The van der Waals surface area contributed by atoms with Crippen LogP contribution in [0.1, 0.15) is 32.4 Å². The molecule has 1 atom stereocenters. The SMILES string of the molecule is CCOc1cccc(C(O)C(C)(C)N)c1. The number of aliphatic hydroxyl groups excluding tert-OH is 1. The molecule has 0 aliphatic heterocycles. The molecule has 0 saturated carbocycles. The molecule has 3 heteroatoms. The number of hydrogen-bond donors (Lipinski definition) is 2. The monoisotopic (exact) mass is 209 g/mol. The molecule has 0 amide bonds. The highest BCUT2D eigenvalue weighted by molar-refractivity contribution is 5.31. The van der Waals surface area contributed by atoms with E-state index in [0.29, 0.717) is 6.61 Å². The Kier molecular flexibility index (Phi) is 3.72. The van der Waals surface area contributed by atoms with Crippen LogP contribution in [-0.2, 0) is 0 Å². The average molecular weight is 209 g/mol. The van der Waals surface area contributed by atoms with Crippen LogP contribution in [0.5, 0.6) is 5.75 Å². The molecule has 0 saturated heterocycles. The second-order valence-corrected chi connectivity index (χ2v) is 4.23. The molecule has 1 aromatic rings. The van der Waals surface area contributed by atoms with Crippen LogP contribution in [0.3, 0.4) is 0 Å². The lowest BCUT2D eigenvalue weighted by Crippen LogP contribution is -2.39. The quantitative estimate of drug-likeness (QED) is 0.795. The van der Waals surface area contributed by atoms with E-state index in [1.807, 2.05) is 31.2 Å². The summed E-state index contributed by atoms with van der Waals surface area (Å²) in [5, 5.41) is 9.97. The Balaban J connectivity index is 2.90. The number of nitrogens with two attached hydrogens (primary N) is 1. The summed E-state index contributed by atoms with van der Waals surface area (Å²) in [5.74, 6) is 0.762. The zero-order valence-electron chi connectivity index (χ0n) is 9.53. The lowest BCUT2D eigenvalue weighted by molar-refractivity contribution is 0.104. The van der Waals surface area contributed by atoms with E-state index in [4.69, 9.17) is 10.5 Å². The second-order valence-electron chi connectivity index (χ2n) is 4.23. The molecule has 1 unspecified atom stereocenters. The van der Waals surface area contributed by atoms with Crippen LogP contribution in [0.15, 0.2) is 24.3 Å². The van der Waals surface area contributed by atoms with Crippen molar-refractivity contribution in [2.45, 2.75) is 32.4 Å². The van der Waals surface area contributed by atoms with Gasteiger partial charge in [0.15, 0.2) is 0 Å². The van der Waals surface area contributed by atoms with Gasteiger partial charge in [-0.2, -0.15) is 0 Å². The zero-order valence-corrected chi connectivity index (χ0v) is 9.53. The Bertz CT molecular complexity index is 318. The van der Waals surface area contributed by atoms with Gasteiger partial charge in [0.05, 0.1) is 12.7 Å². The minimum Gasteiger partial charge on any atom is -0.494 e. The third kappa shape index (κ3) is 3.22. The maximum atomic E-state index is 9.97. The Labute approximate surface area is 90.9 Å². The normalized spacial score (nSPS) is 13.7. The van der Waals surface area contributed by atoms with E-state index < -0.39 is 11.6 Å². The van der Waals surface area contributed by atoms with Crippen LogP contribution >= 0.6 is 0 Å². The highest BCUT2D eigenvalue weighted by atomic mass is 16.5. The van der Waals surface area contributed by atoms with E-state index >= 15 is 0 Å². The fourth-order valence-corrected chi connectivity index (χ4v) is 1.37. The lowest BCUT2D eigenvalue weighted by atomic mass is 9.92. The third-order valence-corrected chi connectivity index (χ3v) is 2.19. The molecular weight excluding hydrogens is 190 g/mol. The topological polar surface area (TPSA) is 55.5 Å². The van der Waals surface area contributed by atoms with Crippen molar-refractivity contribution in [3.63, 3.8) is 0 Å². The Morgan fingerprint density at radius 2 is 2.13 bits per heavy atom. The first-order chi connectivity index (χ1) is 6.95. The van der Waals surface area contributed by atoms with Gasteiger partial charge in [-0.15, -0.1) is 0 Å². The van der Waals surface area contributed by atoms with Gasteiger partial charge < -0.3 is 15.6 Å². The van der Waals surface area contributed by atoms with Crippen molar-refractivity contribution in [1.29, 1.82) is 0 Å². The molecule has 0 spiro atoms. The van der Waals surface area contributed by atoms with Crippen LogP contribution in [-0.4, -0.2) is 17.3 Å². The first kappa shape index (κ1) is 12.0. The van der Waals surface area contributed by atoms with Gasteiger partial charge in [0.2, 0.25) is 0 Å². The largest absolute Gasteiger partial charge is 0.494 e. The molecular formula is C12H19NO2. The number of benzene rings is 1. The molecule has 1 aromatic carbocycles. The van der Waals surface area contributed by atoms with Gasteiger partial charge in [-0.1, -0.05) is 12.1 Å². The third-order valence-electron chi connectivity index (χ3n) is 2.19. The van der Waals surface area contributed by atoms with Gasteiger partial charge in [-0.05, 0) is 38.5 Å². The van der Waals surface area contributed by atoms with Gasteiger partial charge in [0.25, 0.3) is 0 Å². The first-order valence-electron chi connectivity index (χ1n) is 5.15. The molecule has 0 bridgehead atoms. The van der Waals surface area contributed by atoms with E-state index in [0.717, 1.165) is 11.3 Å². The van der Waals surface area contributed by atoms with E-state index in [2.05, 4.69) is 0 Å². The predicted molar refractivity (Wildman–Crippen MR) is 60.8 cm³/mol. The van der Waals surface area contributed by atoms with Crippen molar-refractivity contribution in [2.75, 3.05) is 6.61 Å². The molecule has 3 N–H and O–H groups in total. The number of aliphatic hydroxyl groups is 1. The minimum atomic E-state index is -0.682. The summed E-state index contributed by atoms with van der Waals surface area (Å²) in [5.41, 5.74) is 5.98. The summed E-state index contributed by atoms with van der Waals surface area (Å²) >= 11 is 0. The smallest absolute Gasteiger partial charge is 0.119 e. The van der Waals surface area contributed by atoms with E-state index in [-0.39, 0.29) is 0 Å². The highest BCUT2D eigenvalue weighted by Crippen LogP contribution is 2.25. The van der Waals surface area contributed by atoms with Gasteiger partial charge >= 0.3 is 0 Å². The number of rotatable bonds is 4. The first-order valence-corrected chi connectivity index (χ1v) is 5.15. The second kappa shape index (κ2) is 4.64. The van der Waals surface area contributed by atoms with Gasteiger partial charge in [-0.3, -0.25) is 0 Å². The number of ether oxygens (including phenoxy) is 1. The molecule has 0 aliphatic carbocycles. The zero-order chi connectivity index (χ0) is 11.5. The maximum absolute atomic E-state index is 9.97. The highest BCUT2D eigenvalue weighted by Gasteiger charge is 2.24. The van der Waals surface area contributed by atoms with Crippen molar-refractivity contribution in [3.8, 4) is 5.75 Å². The van der Waals surface area contributed by atoms with Gasteiger partial charge in [0.1, 0.15) is 5.75 Å². The van der Waals surface area contributed by atoms with Crippen LogP contribution in [0.25, 0.3) is 0 Å². The fourth-order valence-electron chi connectivity index (χ4n) is 1.37. The molecule has 0 aliphatic rings. The van der Waals surface area contributed by atoms with Crippen molar-refractivity contribution < 1.29 is 9.84 Å². The summed E-state index contributed by atoms with van der Waals surface area (Å²) in [4.78, 5) is 0. The van der Waals surface area contributed by atoms with Crippen LogP contribution < -0.4 is 10.5 Å². The lowest BCUT2D eigenvalue weighted by Gasteiger charge is -2.26. The van der Waals surface area contributed by atoms with Crippen LogP contribution in [0.4, 0.5) is 0 Å². The minimum absolute atomic E-state index is 0.617. The summed E-state index contributed by atoms with van der Waals surface area (Å²) in [6.45, 7) is 6.14. The fraction of sp³-hybridized carbons (Fsp3) is 0.500. The average Bonchev–Trinajstić information content (AvgIpc) is 2.16. The van der Waals surface area contributed by atoms with E-state index in [1.54, 1.807) is 13.8 Å². The number of hydrogen-bond acceptors (Lipinski definition) is 3. The molecule has 3 nitrogen and oxygen atoms in total. The molecule has 0 radical (unpaired) electrons. The molecule has 0 fully saturated rings. The summed E-state index contributed by atoms with van der Waals surface area (Å²) in [6, 6.07) is 7.39. The molecule has 0 heterocycles. The maximum Gasteiger partial charge on any atom is 0.119 e. The van der Waals surface area contributed by atoms with Crippen LogP contribution in [0, 0.1) is 0 Å². The summed E-state index contributed by atoms with van der Waals surface area (Å²) in [7, 11) is 0. The van der Waals surface area contributed by atoms with Crippen molar-refractivity contribution in [1.82, 2.24) is 0 Å². The van der Waals surface area contributed by atoms with Crippen molar-refractivity contribution in [3.05, 3.63) is 29.8 Å². The molecule has 1 rings (SSSR count). The molecule has 0 aromatic heterocycles. The standard InChI is InChI=1S/C12H19NO2/c1-4-15-10-7-5-6-9(8-10)11(14)12(2,3)13/h5-8,11,14H,4,13H2,1-3H3. The van der Waals surface area contributed by atoms with E-state index in [1.165, 1.54) is 0 Å². The summed E-state index contributed by atoms with van der Waals surface area (Å²) in [6.07, 6.45) is -0.682. The Hall–Kier alpha value is -1.06. The molecule has 84 valence electrons. The van der Waals surface area contributed by atoms with Crippen molar-refractivity contribution >= 4 is 0 Å². The van der Waals surface area contributed by atoms with E-state index in [9.17, 15) is 5.11 Å². The Morgan fingerprint density at radius 3 is 2.67 bits per heavy atom. The molecule has 15 heavy (non-hydrogen) atoms. The van der Waals surface area contributed by atoms with Crippen LogP contribution in [0.2, 0.25) is 0 Å².